The van der Waals surface area contributed by atoms with Crippen molar-refractivity contribution in [1.82, 2.24) is 0 Å². The summed E-state index contributed by atoms with van der Waals surface area (Å²) >= 11 is 0. The van der Waals surface area contributed by atoms with Crippen LogP contribution in [0.25, 0.3) is 0 Å². The smallest absolute Gasteiger partial charge is 0.150 e. The molecule has 0 bridgehead atoms. The summed E-state index contributed by atoms with van der Waals surface area (Å²) in [6.45, 7) is 4.44. The third kappa shape index (κ3) is 3.23. The van der Waals surface area contributed by atoms with E-state index in [2.05, 4.69) is 23.1 Å². The predicted octanol–water partition coefficient (Wildman–Crippen LogP) is 3.46. The highest BCUT2D eigenvalue weighted by molar-refractivity contribution is 7.17. The zero-order chi connectivity index (χ0) is 10.6. The first-order valence-electron chi connectivity index (χ1n) is 4.94. The van der Waals surface area contributed by atoms with Crippen LogP contribution in [0.2, 0.25) is 0 Å². The van der Waals surface area contributed by atoms with E-state index in [9.17, 15) is 4.79 Å². The first kappa shape index (κ1) is 11.4. The van der Waals surface area contributed by atoms with Crippen LogP contribution in [-0.4, -0.2) is 6.29 Å². The van der Waals surface area contributed by atoms with Gasteiger partial charge in [-0.2, -0.15) is 0 Å². The molecule has 0 aromatic heterocycles. The number of aldehydes is 1. The summed E-state index contributed by atoms with van der Waals surface area (Å²) in [6, 6.07) is 7.81. The van der Waals surface area contributed by atoms with E-state index in [0.29, 0.717) is 11.6 Å². The summed E-state index contributed by atoms with van der Waals surface area (Å²) < 4.78 is 0. The molecule has 1 rings (SSSR count). The molecule has 0 saturated heterocycles. The lowest BCUT2D eigenvalue weighted by Gasteiger charge is -2.13. The second-order valence-electron chi connectivity index (χ2n) is 4.02. The molecule has 0 radical (unpaired) electrons. The highest BCUT2D eigenvalue weighted by Crippen LogP contribution is 2.29. The molecule has 2 atom stereocenters. The van der Waals surface area contributed by atoms with Crippen LogP contribution in [0.4, 0.5) is 0 Å². The minimum Gasteiger partial charge on any atom is -0.298 e. The molecule has 0 N–H and O–H groups in total. The van der Waals surface area contributed by atoms with Gasteiger partial charge in [0, 0.05) is 5.56 Å². The SMILES string of the molecule is CC(C)CC(P)c1ccc(C=O)cc1. The zero-order valence-corrected chi connectivity index (χ0v) is 9.89. The molecule has 76 valence electrons. The third-order valence-electron chi connectivity index (χ3n) is 2.23. The van der Waals surface area contributed by atoms with Crippen molar-refractivity contribution in [2.45, 2.75) is 25.9 Å². The highest BCUT2D eigenvalue weighted by atomic mass is 31.0. The van der Waals surface area contributed by atoms with E-state index in [-0.39, 0.29) is 0 Å². The molecule has 1 aromatic carbocycles. The van der Waals surface area contributed by atoms with Gasteiger partial charge in [-0.1, -0.05) is 38.1 Å². The second kappa shape index (κ2) is 5.26. The van der Waals surface area contributed by atoms with E-state index in [4.69, 9.17) is 0 Å². The monoisotopic (exact) mass is 208 g/mol. The van der Waals surface area contributed by atoms with Crippen LogP contribution >= 0.6 is 9.24 Å². The Morgan fingerprint density at radius 2 is 1.86 bits per heavy atom. The highest BCUT2D eigenvalue weighted by Gasteiger charge is 2.07. The fraction of sp³-hybridized carbons (Fsp3) is 0.417. The van der Waals surface area contributed by atoms with Crippen molar-refractivity contribution in [3.05, 3.63) is 35.4 Å². The van der Waals surface area contributed by atoms with Crippen LogP contribution in [0.5, 0.6) is 0 Å². The topological polar surface area (TPSA) is 17.1 Å². The average molecular weight is 208 g/mol. The normalized spacial score (nSPS) is 12.9. The van der Waals surface area contributed by atoms with Crippen molar-refractivity contribution in [2.75, 3.05) is 0 Å². The van der Waals surface area contributed by atoms with Crippen molar-refractivity contribution >= 4 is 15.5 Å². The molecule has 0 saturated carbocycles. The molecule has 0 aliphatic carbocycles. The molecule has 0 fully saturated rings. The van der Waals surface area contributed by atoms with Crippen LogP contribution in [-0.2, 0) is 0 Å². The summed E-state index contributed by atoms with van der Waals surface area (Å²) in [5.74, 6) is 0.697. The van der Waals surface area contributed by atoms with Gasteiger partial charge in [-0.05, 0) is 23.6 Å². The molecule has 2 unspecified atom stereocenters. The van der Waals surface area contributed by atoms with E-state index in [0.717, 1.165) is 18.3 Å². The Morgan fingerprint density at radius 1 is 1.29 bits per heavy atom. The minimum absolute atomic E-state index is 0.496. The first-order valence-corrected chi connectivity index (χ1v) is 5.61. The van der Waals surface area contributed by atoms with Crippen molar-refractivity contribution in [1.29, 1.82) is 0 Å². The number of hydrogen-bond acceptors (Lipinski definition) is 1. The van der Waals surface area contributed by atoms with Gasteiger partial charge in [-0.25, -0.2) is 0 Å². The molecule has 14 heavy (non-hydrogen) atoms. The van der Waals surface area contributed by atoms with Crippen molar-refractivity contribution in [2.24, 2.45) is 5.92 Å². The summed E-state index contributed by atoms with van der Waals surface area (Å²) in [4.78, 5) is 10.5. The van der Waals surface area contributed by atoms with Gasteiger partial charge in [0.2, 0.25) is 0 Å². The van der Waals surface area contributed by atoms with E-state index in [1.807, 2.05) is 24.3 Å². The maximum Gasteiger partial charge on any atom is 0.150 e. The molecular weight excluding hydrogens is 191 g/mol. The first-order chi connectivity index (χ1) is 6.63. The lowest BCUT2D eigenvalue weighted by atomic mass is 10.0. The lowest BCUT2D eigenvalue weighted by molar-refractivity contribution is 0.112. The fourth-order valence-electron chi connectivity index (χ4n) is 1.47. The van der Waals surface area contributed by atoms with Crippen molar-refractivity contribution < 1.29 is 4.79 Å². The van der Waals surface area contributed by atoms with Crippen molar-refractivity contribution in [3.8, 4) is 0 Å². The third-order valence-corrected chi connectivity index (χ3v) is 2.88. The van der Waals surface area contributed by atoms with Crippen LogP contribution in [0.3, 0.4) is 0 Å². The zero-order valence-electron chi connectivity index (χ0n) is 8.73. The molecule has 2 heteroatoms. The summed E-state index contributed by atoms with van der Waals surface area (Å²) in [6.07, 6.45) is 2.04. The van der Waals surface area contributed by atoms with Gasteiger partial charge in [0.1, 0.15) is 6.29 Å². The number of carbonyl (C=O) groups excluding carboxylic acids is 1. The Hall–Kier alpha value is -0.680. The van der Waals surface area contributed by atoms with E-state index in [1.165, 1.54) is 5.56 Å². The van der Waals surface area contributed by atoms with Crippen LogP contribution in [0.1, 0.15) is 41.8 Å². The average Bonchev–Trinajstić information content (AvgIpc) is 2.17. The van der Waals surface area contributed by atoms with Gasteiger partial charge < -0.3 is 0 Å². The Kier molecular flexibility index (Phi) is 4.28. The van der Waals surface area contributed by atoms with Gasteiger partial charge in [-0.3, -0.25) is 4.79 Å². The molecule has 0 aliphatic rings. The Balaban J connectivity index is 2.71. The van der Waals surface area contributed by atoms with Gasteiger partial charge >= 0.3 is 0 Å². The van der Waals surface area contributed by atoms with Gasteiger partial charge in [0.15, 0.2) is 0 Å². The summed E-state index contributed by atoms with van der Waals surface area (Å²) in [5.41, 5.74) is 2.53. The maximum absolute atomic E-state index is 10.5. The number of hydrogen-bond donors (Lipinski definition) is 0. The molecule has 1 aromatic rings. The molecular formula is C12H17OP. The minimum atomic E-state index is 0.496. The van der Waals surface area contributed by atoms with Crippen LogP contribution in [0, 0.1) is 5.92 Å². The van der Waals surface area contributed by atoms with Crippen LogP contribution in [0.15, 0.2) is 24.3 Å². The predicted molar refractivity (Wildman–Crippen MR) is 63.7 cm³/mol. The fourth-order valence-corrected chi connectivity index (χ4v) is 2.23. The second-order valence-corrected chi connectivity index (χ2v) is 4.83. The quantitative estimate of drug-likeness (QED) is 0.547. The molecule has 0 spiro atoms. The number of benzene rings is 1. The largest absolute Gasteiger partial charge is 0.298 e. The summed E-state index contributed by atoms with van der Waals surface area (Å²) in [5, 5.41) is 0. The Morgan fingerprint density at radius 3 is 2.29 bits per heavy atom. The van der Waals surface area contributed by atoms with Crippen LogP contribution < -0.4 is 0 Å². The van der Waals surface area contributed by atoms with Crippen molar-refractivity contribution in [3.63, 3.8) is 0 Å². The molecule has 1 nitrogen and oxygen atoms in total. The Bertz CT molecular complexity index is 290. The lowest BCUT2D eigenvalue weighted by Crippen LogP contribution is -1.96. The van der Waals surface area contributed by atoms with Gasteiger partial charge in [0.25, 0.3) is 0 Å². The standard InChI is InChI=1S/C12H17OP/c1-9(2)7-12(14)11-5-3-10(8-13)4-6-11/h3-6,8-9,12H,7,14H2,1-2H3. The molecule has 0 heterocycles. The van der Waals surface area contributed by atoms with E-state index < -0.39 is 0 Å². The maximum atomic E-state index is 10.5. The Labute approximate surface area is 88.1 Å². The number of rotatable bonds is 4. The summed E-state index contributed by atoms with van der Waals surface area (Å²) in [7, 11) is 2.86. The molecule has 0 amide bonds. The van der Waals surface area contributed by atoms with Gasteiger partial charge in [0.05, 0.1) is 0 Å². The number of carbonyl (C=O) groups is 1. The van der Waals surface area contributed by atoms with Gasteiger partial charge in [-0.15, -0.1) is 9.24 Å². The van der Waals surface area contributed by atoms with E-state index >= 15 is 0 Å². The molecule has 0 aliphatic heterocycles. The van der Waals surface area contributed by atoms with E-state index in [1.54, 1.807) is 0 Å².